The van der Waals surface area contributed by atoms with Gasteiger partial charge in [-0.3, -0.25) is 0 Å². The maximum Gasteiger partial charge on any atom is 0.127 e. The van der Waals surface area contributed by atoms with Crippen molar-refractivity contribution in [2.75, 3.05) is 13.2 Å². The van der Waals surface area contributed by atoms with Gasteiger partial charge in [0.15, 0.2) is 0 Å². The molecule has 0 heterocycles. The predicted octanol–water partition coefficient (Wildman–Crippen LogP) is 3.90. The molecule has 0 radical (unpaired) electrons. The zero-order valence-electron chi connectivity index (χ0n) is 10.7. The third kappa shape index (κ3) is 4.58. The van der Waals surface area contributed by atoms with Crippen molar-refractivity contribution in [3.05, 3.63) is 64.1 Å². The first-order valence-corrected chi connectivity index (χ1v) is 6.97. The van der Waals surface area contributed by atoms with Gasteiger partial charge in [-0.15, -0.1) is 0 Å². The summed E-state index contributed by atoms with van der Waals surface area (Å²) in [6.45, 7) is 1.27. The molecule has 2 rings (SSSR count). The largest absolute Gasteiger partial charge is 0.492 e. The zero-order chi connectivity index (χ0) is 14.4. The first-order chi connectivity index (χ1) is 9.65. The van der Waals surface area contributed by atoms with E-state index in [0.29, 0.717) is 18.7 Å². The molecule has 0 aliphatic heterocycles. The van der Waals surface area contributed by atoms with E-state index in [1.165, 1.54) is 6.07 Å². The van der Waals surface area contributed by atoms with E-state index >= 15 is 0 Å². The summed E-state index contributed by atoms with van der Waals surface area (Å²) in [5, 5.41) is 3.01. The molecule has 0 spiro atoms. The molecule has 1 N–H and O–H groups in total. The summed E-state index contributed by atoms with van der Waals surface area (Å²) >= 11 is 3.36. The molecule has 2 aromatic rings. The molecule has 0 saturated carbocycles. The quantitative estimate of drug-likeness (QED) is 0.804. The monoisotopic (exact) mass is 341 g/mol. The van der Waals surface area contributed by atoms with Crippen molar-refractivity contribution in [1.82, 2.24) is 5.32 Å². The van der Waals surface area contributed by atoms with Crippen LogP contribution in [0, 0.1) is 11.6 Å². The Labute approximate surface area is 124 Å². The Hall–Kier alpha value is -1.46. The summed E-state index contributed by atoms with van der Waals surface area (Å²) in [4.78, 5) is 0. The van der Waals surface area contributed by atoms with Gasteiger partial charge in [0.2, 0.25) is 0 Å². The Morgan fingerprint density at radius 2 is 1.95 bits per heavy atom. The maximum atomic E-state index is 13.3. The molecule has 0 saturated heterocycles. The van der Waals surface area contributed by atoms with E-state index in [2.05, 4.69) is 21.2 Å². The van der Waals surface area contributed by atoms with Gasteiger partial charge in [-0.25, -0.2) is 8.78 Å². The second-order valence-electron chi connectivity index (χ2n) is 4.22. The lowest BCUT2D eigenvalue weighted by Crippen LogP contribution is -2.21. The molecule has 5 heteroatoms. The van der Waals surface area contributed by atoms with Crippen LogP contribution in [0.25, 0.3) is 0 Å². The summed E-state index contributed by atoms with van der Waals surface area (Å²) in [6.07, 6.45) is 0. The number of nitrogens with one attached hydrogen (secondary N) is 1. The highest BCUT2D eigenvalue weighted by molar-refractivity contribution is 9.10. The minimum Gasteiger partial charge on any atom is -0.492 e. The van der Waals surface area contributed by atoms with Crippen LogP contribution in [-0.2, 0) is 6.54 Å². The Balaban J connectivity index is 1.73. The fourth-order valence-electron chi connectivity index (χ4n) is 1.70. The molecular formula is C15H14BrF2NO. The molecule has 0 aromatic heterocycles. The van der Waals surface area contributed by atoms with Crippen LogP contribution >= 0.6 is 15.9 Å². The van der Waals surface area contributed by atoms with Gasteiger partial charge in [-0.05, 0) is 36.4 Å². The Morgan fingerprint density at radius 3 is 2.75 bits per heavy atom. The molecule has 2 nitrogen and oxygen atoms in total. The SMILES string of the molecule is Fc1ccc(F)c(CNCCOc2cccc(Br)c2)c1. The second kappa shape index (κ2) is 7.36. The van der Waals surface area contributed by atoms with Crippen molar-refractivity contribution in [3.63, 3.8) is 0 Å². The Bertz CT molecular complexity index is 578. The molecule has 106 valence electrons. The molecule has 0 fully saturated rings. The van der Waals surface area contributed by atoms with E-state index < -0.39 is 11.6 Å². The standard InChI is InChI=1S/C15H14BrF2NO/c16-12-2-1-3-14(9-12)20-7-6-19-10-11-8-13(17)4-5-15(11)18/h1-5,8-9,19H,6-7,10H2. The highest BCUT2D eigenvalue weighted by Crippen LogP contribution is 2.17. The first-order valence-electron chi connectivity index (χ1n) is 6.18. The van der Waals surface area contributed by atoms with E-state index in [0.717, 1.165) is 22.4 Å². The van der Waals surface area contributed by atoms with E-state index in [-0.39, 0.29) is 6.54 Å². The van der Waals surface area contributed by atoms with Crippen LogP contribution in [0.15, 0.2) is 46.9 Å². The van der Waals surface area contributed by atoms with Crippen molar-refractivity contribution in [2.45, 2.75) is 6.54 Å². The van der Waals surface area contributed by atoms with Gasteiger partial charge in [-0.1, -0.05) is 22.0 Å². The number of benzene rings is 2. The average Bonchev–Trinajstić information content (AvgIpc) is 2.42. The molecule has 0 unspecified atom stereocenters. The van der Waals surface area contributed by atoms with Gasteiger partial charge < -0.3 is 10.1 Å². The van der Waals surface area contributed by atoms with Crippen LogP contribution < -0.4 is 10.1 Å². The maximum absolute atomic E-state index is 13.3. The smallest absolute Gasteiger partial charge is 0.127 e. The van der Waals surface area contributed by atoms with Crippen molar-refractivity contribution >= 4 is 15.9 Å². The van der Waals surface area contributed by atoms with Gasteiger partial charge >= 0.3 is 0 Å². The summed E-state index contributed by atoms with van der Waals surface area (Å²) < 4.78 is 32.8. The van der Waals surface area contributed by atoms with Gasteiger partial charge in [0.1, 0.15) is 24.0 Å². The number of ether oxygens (including phenoxy) is 1. The van der Waals surface area contributed by atoms with Crippen LogP contribution in [0.1, 0.15) is 5.56 Å². The van der Waals surface area contributed by atoms with Crippen molar-refractivity contribution in [1.29, 1.82) is 0 Å². The van der Waals surface area contributed by atoms with Crippen molar-refractivity contribution in [2.24, 2.45) is 0 Å². The lowest BCUT2D eigenvalue weighted by atomic mass is 10.2. The Kier molecular flexibility index (Phi) is 5.49. The van der Waals surface area contributed by atoms with Crippen LogP contribution in [-0.4, -0.2) is 13.2 Å². The highest BCUT2D eigenvalue weighted by Gasteiger charge is 2.03. The summed E-state index contributed by atoms with van der Waals surface area (Å²) in [5.41, 5.74) is 0.312. The normalized spacial score (nSPS) is 10.6. The molecule has 0 amide bonds. The topological polar surface area (TPSA) is 21.3 Å². The second-order valence-corrected chi connectivity index (χ2v) is 5.13. The number of halogens is 3. The molecule has 20 heavy (non-hydrogen) atoms. The van der Waals surface area contributed by atoms with E-state index in [9.17, 15) is 8.78 Å². The average molecular weight is 342 g/mol. The third-order valence-electron chi connectivity index (χ3n) is 2.67. The molecule has 0 aliphatic carbocycles. The lowest BCUT2D eigenvalue weighted by molar-refractivity contribution is 0.313. The van der Waals surface area contributed by atoms with Crippen LogP contribution in [0.4, 0.5) is 8.78 Å². The van der Waals surface area contributed by atoms with Crippen molar-refractivity contribution in [3.8, 4) is 5.75 Å². The number of rotatable bonds is 6. The molecule has 0 bridgehead atoms. The highest BCUT2D eigenvalue weighted by atomic mass is 79.9. The minimum atomic E-state index is -0.436. The van der Waals surface area contributed by atoms with Crippen LogP contribution in [0.5, 0.6) is 5.75 Å². The molecule has 0 aliphatic rings. The number of hydrogen-bond acceptors (Lipinski definition) is 2. The molecule has 2 aromatic carbocycles. The Morgan fingerprint density at radius 1 is 1.10 bits per heavy atom. The van der Waals surface area contributed by atoms with Crippen LogP contribution in [0.2, 0.25) is 0 Å². The van der Waals surface area contributed by atoms with Crippen molar-refractivity contribution < 1.29 is 13.5 Å². The first kappa shape index (κ1) is 14.9. The lowest BCUT2D eigenvalue weighted by Gasteiger charge is -2.08. The summed E-state index contributed by atoms with van der Waals surface area (Å²) in [6, 6.07) is 11.0. The van der Waals surface area contributed by atoms with E-state index in [1.54, 1.807) is 0 Å². The number of hydrogen-bond donors (Lipinski definition) is 1. The van der Waals surface area contributed by atoms with Crippen LogP contribution in [0.3, 0.4) is 0 Å². The van der Waals surface area contributed by atoms with Gasteiger partial charge in [0, 0.05) is 23.1 Å². The van der Waals surface area contributed by atoms with Gasteiger partial charge in [-0.2, -0.15) is 0 Å². The minimum absolute atomic E-state index is 0.269. The van der Waals surface area contributed by atoms with E-state index in [4.69, 9.17) is 4.74 Å². The molecular weight excluding hydrogens is 328 g/mol. The third-order valence-corrected chi connectivity index (χ3v) is 3.16. The summed E-state index contributed by atoms with van der Waals surface area (Å²) in [5.74, 6) is -0.0847. The van der Waals surface area contributed by atoms with E-state index in [1.807, 2.05) is 24.3 Å². The van der Waals surface area contributed by atoms with Gasteiger partial charge in [0.25, 0.3) is 0 Å². The summed E-state index contributed by atoms with van der Waals surface area (Å²) in [7, 11) is 0. The zero-order valence-corrected chi connectivity index (χ0v) is 12.3. The fourth-order valence-corrected chi connectivity index (χ4v) is 2.08. The van der Waals surface area contributed by atoms with Gasteiger partial charge in [0.05, 0.1) is 0 Å². The molecule has 0 atom stereocenters. The predicted molar refractivity (Wildman–Crippen MR) is 77.7 cm³/mol. The fraction of sp³-hybridized carbons (Fsp3) is 0.200.